The van der Waals surface area contributed by atoms with Crippen LogP contribution in [0.3, 0.4) is 0 Å². The van der Waals surface area contributed by atoms with E-state index in [2.05, 4.69) is 39.9 Å². The van der Waals surface area contributed by atoms with E-state index in [1.165, 1.54) is 38.5 Å². The fraction of sp³-hybridized carbons (Fsp3) is 1.00. The smallest absolute Gasteiger partial charge is 0.0897 e. The van der Waals surface area contributed by atoms with Crippen LogP contribution in [0, 0.1) is 11.8 Å². The average molecular weight is 302 g/mol. The third-order valence-electron chi connectivity index (χ3n) is 4.09. The quantitative estimate of drug-likeness (QED) is 0.509. The minimum atomic E-state index is -0.393. The molecular weight excluding hydrogens is 262 g/mol. The molecule has 0 aliphatic rings. The summed E-state index contributed by atoms with van der Waals surface area (Å²) in [4.78, 5) is 0. The van der Waals surface area contributed by atoms with E-state index in [0.717, 1.165) is 12.5 Å². The van der Waals surface area contributed by atoms with Crippen LogP contribution < -0.4 is 5.32 Å². The fourth-order valence-corrected chi connectivity index (χ4v) is 2.35. The summed E-state index contributed by atoms with van der Waals surface area (Å²) in [6.45, 7) is 13.0. The van der Waals surface area contributed by atoms with Gasteiger partial charge in [-0.15, -0.1) is 0 Å². The van der Waals surface area contributed by atoms with Gasteiger partial charge in [0.05, 0.1) is 12.7 Å². The molecule has 0 saturated carbocycles. The lowest BCUT2D eigenvalue weighted by atomic mass is 10.0. The molecule has 0 aromatic carbocycles. The number of hydrogen-bond acceptors (Lipinski definition) is 3. The summed E-state index contributed by atoms with van der Waals surface area (Å²) >= 11 is 0. The van der Waals surface area contributed by atoms with Gasteiger partial charge in [-0.2, -0.15) is 0 Å². The highest BCUT2D eigenvalue weighted by molar-refractivity contribution is 4.66. The second-order valence-corrected chi connectivity index (χ2v) is 6.89. The lowest BCUT2D eigenvalue weighted by molar-refractivity contribution is 0.0183. The van der Waals surface area contributed by atoms with Gasteiger partial charge in [0.25, 0.3) is 0 Å². The first-order chi connectivity index (χ1) is 9.99. The maximum Gasteiger partial charge on any atom is 0.0897 e. The Morgan fingerprint density at radius 2 is 1.71 bits per heavy atom. The van der Waals surface area contributed by atoms with Crippen molar-refractivity contribution < 1.29 is 9.84 Å². The van der Waals surface area contributed by atoms with Crippen LogP contribution in [0.15, 0.2) is 0 Å². The zero-order chi connectivity index (χ0) is 16.1. The molecule has 0 spiro atoms. The summed E-state index contributed by atoms with van der Waals surface area (Å²) in [6, 6.07) is 0.468. The number of aliphatic hydroxyl groups is 1. The average Bonchev–Trinajstić information content (AvgIpc) is 2.46. The van der Waals surface area contributed by atoms with Gasteiger partial charge < -0.3 is 15.2 Å². The van der Waals surface area contributed by atoms with Crippen molar-refractivity contribution in [2.45, 2.75) is 85.3 Å². The Morgan fingerprint density at radius 3 is 2.29 bits per heavy atom. The Labute approximate surface area is 132 Å². The molecule has 0 bridgehead atoms. The maximum atomic E-state index is 9.95. The van der Waals surface area contributed by atoms with Crippen molar-refractivity contribution in [2.75, 3.05) is 19.8 Å². The predicted octanol–water partition coefficient (Wildman–Crippen LogP) is 3.99. The van der Waals surface area contributed by atoms with Gasteiger partial charge in [-0.1, -0.05) is 47.0 Å². The van der Waals surface area contributed by atoms with Crippen molar-refractivity contribution in [3.63, 3.8) is 0 Å². The van der Waals surface area contributed by atoms with Crippen LogP contribution in [-0.2, 0) is 4.74 Å². The van der Waals surface area contributed by atoms with Crippen molar-refractivity contribution in [1.82, 2.24) is 5.32 Å². The minimum absolute atomic E-state index is 0.393. The molecule has 0 rings (SSSR count). The molecule has 128 valence electrons. The van der Waals surface area contributed by atoms with Gasteiger partial charge in [0.15, 0.2) is 0 Å². The second kappa shape index (κ2) is 13.5. The highest BCUT2D eigenvalue weighted by Crippen LogP contribution is 2.13. The Morgan fingerprint density at radius 1 is 1.00 bits per heavy atom. The van der Waals surface area contributed by atoms with Gasteiger partial charge in [-0.05, 0) is 38.0 Å². The molecule has 0 saturated heterocycles. The minimum Gasteiger partial charge on any atom is -0.389 e. The molecule has 0 amide bonds. The Kier molecular flexibility index (Phi) is 13.5. The van der Waals surface area contributed by atoms with E-state index in [9.17, 15) is 5.11 Å². The largest absolute Gasteiger partial charge is 0.389 e. The normalized spacial score (nSPS) is 16.1. The monoisotopic (exact) mass is 301 g/mol. The molecule has 0 aliphatic carbocycles. The molecule has 0 heterocycles. The molecule has 3 nitrogen and oxygen atoms in total. The molecule has 0 aliphatic heterocycles. The lowest BCUT2D eigenvalue weighted by Gasteiger charge is -2.19. The maximum absolute atomic E-state index is 9.95. The van der Waals surface area contributed by atoms with Crippen molar-refractivity contribution >= 4 is 0 Å². The second-order valence-electron chi connectivity index (χ2n) is 6.89. The van der Waals surface area contributed by atoms with Crippen LogP contribution in [0.1, 0.15) is 73.1 Å². The summed E-state index contributed by atoms with van der Waals surface area (Å²) in [5, 5.41) is 13.3. The van der Waals surface area contributed by atoms with Crippen molar-refractivity contribution in [3.05, 3.63) is 0 Å². The molecule has 0 aromatic heterocycles. The number of nitrogens with one attached hydrogen (secondary N) is 1. The van der Waals surface area contributed by atoms with Crippen LogP contribution >= 0.6 is 0 Å². The van der Waals surface area contributed by atoms with E-state index in [4.69, 9.17) is 4.74 Å². The number of aliphatic hydroxyl groups excluding tert-OH is 1. The van der Waals surface area contributed by atoms with Gasteiger partial charge in [0.2, 0.25) is 0 Å². The van der Waals surface area contributed by atoms with Gasteiger partial charge in [0.1, 0.15) is 0 Å². The molecule has 21 heavy (non-hydrogen) atoms. The standard InChI is InChI=1S/C18H39NO2/c1-6-8-9-17(7-2)13-21-14-18(20)12-19-16(5)11-10-15(3)4/h15-20H,6-14H2,1-5H3. The van der Waals surface area contributed by atoms with Crippen molar-refractivity contribution in [2.24, 2.45) is 11.8 Å². The summed E-state index contributed by atoms with van der Waals surface area (Å²) < 4.78 is 5.69. The molecular formula is C18H39NO2. The van der Waals surface area contributed by atoms with Crippen LogP contribution in [0.4, 0.5) is 0 Å². The number of rotatable bonds is 14. The third kappa shape index (κ3) is 13.3. The highest BCUT2D eigenvalue weighted by Gasteiger charge is 2.10. The SMILES string of the molecule is CCCCC(CC)COCC(O)CNC(C)CCC(C)C. The van der Waals surface area contributed by atoms with E-state index >= 15 is 0 Å². The molecule has 0 fully saturated rings. The topological polar surface area (TPSA) is 41.5 Å². The van der Waals surface area contributed by atoms with Gasteiger partial charge in [-0.3, -0.25) is 0 Å². The van der Waals surface area contributed by atoms with Crippen LogP contribution in [0.25, 0.3) is 0 Å². The first-order valence-electron chi connectivity index (χ1n) is 8.98. The summed E-state index contributed by atoms with van der Waals surface area (Å²) in [5.41, 5.74) is 0. The van der Waals surface area contributed by atoms with E-state index in [1.54, 1.807) is 0 Å². The Bertz CT molecular complexity index is 221. The van der Waals surface area contributed by atoms with Gasteiger partial charge in [-0.25, -0.2) is 0 Å². The fourth-order valence-electron chi connectivity index (χ4n) is 2.35. The Hall–Kier alpha value is -0.120. The first-order valence-corrected chi connectivity index (χ1v) is 8.98. The van der Waals surface area contributed by atoms with E-state index < -0.39 is 6.10 Å². The highest BCUT2D eigenvalue weighted by atomic mass is 16.5. The van der Waals surface area contributed by atoms with Gasteiger partial charge >= 0.3 is 0 Å². The third-order valence-corrected chi connectivity index (χ3v) is 4.09. The first kappa shape index (κ1) is 20.9. The van der Waals surface area contributed by atoms with E-state index in [1.807, 2.05) is 0 Å². The van der Waals surface area contributed by atoms with Crippen molar-refractivity contribution in [1.29, 1.82) is 0 Å². The predicted molar refractivity (Wildman–Crippen MR) is 91.7 cm³/mol. The molecule has 3 heteroatoms. The number of unbranched alkanes of at least 4 members (excludes halogenated alkanes) is 1. The van der Waals surface area contributed by atoms with Crippen LogP contribution in [0.2, 0.25) is 0 Å². The molecule has 3 unspecified atom stereocenters. The summed E-state index contributed by atoms with van der Waals surface area (Å²) in [6.07, 6.45) is 6.94. The zero-order valence-corrected chi connectivity index (χ0v) is 15.0. The number of ether oxygens (including phenoxy) is 1. The molecule has 2 N–H and O–H groups in total. The Balaban J connectivity index is 3.62. The van der Waals surface area contributed by atoms with E-state index in [0.29, 0.717) is 25.1 Å². The molecule has 0 aromatic rings. The molecule has 3 atom stereocenters. The summed E-state index contributed by atoms with van der Waals surface area (Å²) in [7, 11) is 0. The van der Waals surface area contributed by atoms with Gasteiger partial charge in [0, 0.05) is 19.2 Å². The van der Waals surface area contributed by atoms with Crippen LogP contribution in [-0.4, -0.2) is 37.0 Å². The lowest BCUT2D eigenvalue weighted by Crippen LogP contribution is -2.36. The molecule has 0 radical (unpaired) electrons. The van der Waals surface area contributed by atoms with E-state index in [-0.39, 0.29) is 0 Å². The zero-order valence-electron chi connectivity index (χ0n) is 15.0. The summed E-state index contributed by atoms with van der Waals surface area (Å²) in [5.74, 6) is 1.40. The number of hydrogen-bond donors (Lipinski definition) is 2. The van der Waals surface area contributed by atoms with Crippen molar-refractivity contribution in [3.8, 4) is 0 Å². The van der Waals surface area contributed by atoms with Crippen LogP contribution in [0.5, 0.6) is 0 Å².